The molecular weight excluding hydrogens is 1720 g/mol. The van der Waals surface area contributed by atoms with Gasteiger partial charge >= 0.3 is 23.9 Å². The van der Waals surface area contributed by atoms with Crippen LogP contribution in [0.3, 0.4) is 0 Å². The molecule has 4 heterocycles. The first-order valence-corrected chi connectivity index (χ1v) is 40.9. The number of carbonyl (C=O) groups is 16. The molecule has 14 rings (SSSR count). The molecule has 36 heteroatoms. The zero-order chi connectivity index (χ0) is 87.6. The normalized spacial score (nSPS) is 14.9. The SMILES string of the molecule is CCOC(=O)[C@@H](NC(=O)CN1C(=O)c2cc(Cl)c3c4c(Cl)cc5c6c(cc(Cl)c(c7c(Cl)cc(c2c37)C1=O)c64)C(=O)N(CC(=O)N[C@H](C(=O)OCC)C(C)C)C5=O)C(C)C.CCOC(=O)[C@@H](NC(=O)CN1C(=O)c2cc(Cl)c3c4c(Cl)cc5c6c(cc(Cl)c(c7c(Cl)cc(c2c37)C1=O)c64)C(=O)N(CC(=O)N[C@H](C(=O)OCC)C(C)C)C5=O)C(C)C. The number of nitrogens with zero attached hydrogens (tertiary/aromatic N) is 4. The molecule has 0 aliphatic carbocycles. The van der Waals surface area contributed by atoms with Crippen LogP contribution in [-0.2, 0) is 57.3 Å². The maximum absolute atomic E-state index is 14.2. The number of ether oxygens (including phenoxy) is 4. The Morgan fingerprint density at radius 2 is 0.383 bits per heavy atom. The lowest BCUT2D eigenvalue weighted by Crippen LogP contribution is -2.51. The maximum atomic E-state index is 14.2. The third-order valence-electron chi connectivity index (χ3n) is 21.3. The number of esters is 4. The van der Waals surface area contributed by atoms with E-state index in [4.69, 9.17) is 112 Å². The van der Waals surface area contributed by atoms with Gasteiger partial charge in [0, 0.05) is 126 Å². The van der Waals surface area contributed by atoms with Gasteiger partial charge in [-0.05, 0) is 99.9 Å². The number of rotatable bonds is 24. The topological polar surface area (TPSA) is 371 Å². The molecule has 10 aromatic carbocycles. The molecule has 624 valence electrons. The van der Waals surface area contributed by atoms with Gasteiger partial charge in [-0.1, -0.05) is 148 Å². The van der Waals surface area contributed by atoms with Crippen molar-refractivity contribution in [2.75, 3.05) is 52.6 Å². The fourth-order valence-electron chi connectivity index (χ4n) is 16.1. The first-order valence-electron chi connectivity index (χ1n) is 37.9. The lowest BCUT2D eigenvalue weighted by molar-refractivity contribution is -0.149. The molecule has 10 aromatic rings. The van der Waals surface area contributed by atoms with Crippen molar-refractivity contribution in [1.29, 1.82) is 0 Å². The lowest BCUT2D eigenvalue weighted by atomic mass is 9.82. The van der Waals surface area contributed by atoms with Gasteiger partial charge in [-0.3, -0.25) is 77.1 Å². The zero-order valence-corrected chi connectivity index (χ0v) is 71.9. The molecular formula is C84H72Cl8N8O20. The van der Waals surface area contributed by atoms with Crippen LogP contribution < -0.4 is 21.3 Å². The van der Waals surface area contributed by atoms with E-state index in [1.807, 2.05) is 0 Å². The maximum Gasteiger partial charge on any atom is 0.328 e. The number of benzene rings is 10. The molecule has 12 amide bonds. The Bertz CT molecular complexity index is 5310. The number of carbonyl (C=O) groups excluding carboxylic acids is 16. The van der Waals surface area contributed by atoms with Crippen molar-refractivity contribution in [3.63, 3.8) is 0 Å². The van der Waals surface area contributed by atoms with Crippen molar-refractivity contribution in [1.82, 2.24) is 40.9 Å². The standard InChI is InChI=1S/2C42H36Cl4N4O10/c2*1-7-59-41(57)35(15(3)4)47-25(51)13-49-37(53)17-9-21(43)29-31-23(45)11-19-28-20(40(56)50(39(19)55)14-26(52)48-36(16(5)6)42(58)60-8-2)12-24(46)32(34(28)31)30-22(44)10-18(38(49)54)27(17)33(29)30/h2*9-12,15-16,35-36H,7-8,13-14H2,1-6H3,(H,47,51)(H,48,52)/t2*35-,36-/m00/s1. The highest BCUT2D eigenvalue weighted by Gasteiger charge is 2.46. The van der Waals surface area contributed by atoms with E-state index < -0.39 is 145 Å². The summed E-state index contributed by atoms with van der Waals surface area (Å²) in [5.74, 6) is -14.1. The van der Waals surface area contributed by atoms with Crippen LogP contribution in [0.1, 0.15) is 166 Å². The number of nitrogens with one attached hydrogen (secondary N) is 4. The van der Waals surface area contributed by atoms with E-state index in [9.17, 15) is 76.7 Å². The average Bonchev–Trinajstić information content (AvgIpc) is 0.680. The van der Waals surface area contributed by atoms with Crippen LogP contribution >= 0.6 is 92.8 Å². The Morgan fingerprint density at radius 1 is 0.250 bits per heavy atom. The highest BCUT2D eigenvalue weighted by atomic mass is 35.5. The highest BCUT2D eigenvalue weighted by Crippen LogP contribution is 2.57. The number of halogens is 8. The molecule has 0 spiro atoms. The van der Waals surface area contributed by atoms with Crippen molar-refractivity contribution in [2.45, 2.75) is 107 Å². The number of hydrogen-bond donors (Lipinski definition) is 4. The van der Waals surface area contributed by atoms with Crippen molar-refractivity contribution in [2.24, 2.45) is 23.7 Å². The van der Waals surface area contributed by atoms with Crippen molar-refractivity contribution in [3.05, 3.63) is 133 Å². The van der Waals surface area contributed by atoms with Crippen molar-refractivity contribution >= 4 is 274 Å². The van der Waals surface area contributed by atoms with E-state index >= 15 is 0 Å². The molecule has 0 radical (unpaired) electrons. The predicted octanol–water partition coefficient (Wildman–Crippen LogP) is 13.9. The Hall–Kier alpha value is -10.6. The van der Waals surface area contributed by atoms with Crippen LogP contribution in [0.5, 0.6) is 0 Å². The molecule has 0 saturated heterocycles. The fraction of sp³-hybridized carbons (Fsp3) is 0.333. The first-order chi connectivity index (χ1) is 56.7. The first kappa shape index (κ1) is 87.3. The van der Waals surface area contributed by atoms with Crippen LogP contribution in [0.15, 0.2) is 48.5 Å². The Labute approximate surface area is 722 Å². The van der Waals surface area contributed by atoms with E-state index in [0.717, 1.165) is 19.6 Å². The molecule has 0 bridgehead atoms. The molecule has 4 aliphatic heterocycles. The molecule has 28 nitrogen and oxygen atoms in total. The summed E-state index contributed by atoms with van der Waals surface area (Å²) in [5, 5.41) is 13.7. The van der Waals surface area contributed by atoms with Crippen molar-refractivity contribution in [3.8, 4) is 0 Å². The second-order valence-corrected chi connectivity index (χ2v) is 33.5. The molecule has 0 aromatic heterocycles. The number of imide groups is 4. The highest BCUT2D eigenvalue weighted by molar-refractivity contribution is 6.58. The zero-order valence-electron chi connectivity index (χ0n) is 65.9. The van der Waals surface area contributed by atoms with Crippen LogP contribution in [0.2, 0.25) is 40.2 Å². The van der Waals surface area contributed by atoms with Crippen LogP contribution in [0.4, 0.5) is 0 Å². The minimum atomic E-state index is -1.04. The van der Waals surface area contributed by atoms with Crippen molar-refractivity contribution < 1.29 is 95.7 Å². The molecule has 0 saturated carbocycles. The minimum Gasteiger partial charge on any atom is -0.464 e. The third kappa shape index (κ3) is 14.5. The number of fused-ring (bicyclic) bond motifs is 4. The average molecular weight is 1800 g/mol. The van der Waals surface area contributed by atoms with E-state index in [0.29, 0.717) is 0 Å². The van der Waals surface area contributed by atoms with E-state index in [1.165, 1.54) is 48.5 Å². The summed E-state index contributed by atoms with van der Waals surface area (Å²) in [6, 6.07) is 6.55. The predicted molar refractivity (Wildman–Crippen MR) is 450 cm³/mol. The van der Waals surface area contributed by atoms with Crippen LogP contribution in [-0.4, -0.2) is 191 Å². The van der Waals surface area contributed by atoms with E-state index in [-0.39, 0.29) is 221 Å². The smallest absolute Gasteiger partial charge is 0.328 e. The summed E-state index contributed by atoms with van der Waals surface area (Å²) in [4.78, 5) is 220. The summed E-state index contributed by atoms with van der Waals surface area (Å²) in [6.07, 6.45) is 0. The Morgan fingerprint density at radius 3 is 0.500 bits per heavy atom. The second kappa shape index (κ2) is 33.5. The molecule has 4 aliphatic rings. The van der Waals surface area contributed by atoms with Gasteiger partial charge in [-0.15, -0.1) is 0 Å². The lowest BCUT2D eigenvalue weighted by Gasteiger charge is -2.31. The summed E-state index contributed by atoms with van der Waals surface area (Å²) >= 11 is 56.3. The molecule has 4 N–H and O–H groups in total. The van der Waals surface area contributed by atoms with Gasteiger partial charge in [-0.25, -0.2) is 19.2 Å². The summed E-state index contributed by atoms with van der Waals surface area (Å²) in [5.41, 5.74) is -0.273. The van der Waals surface area contributed by atoms with E-state index in [1.54, 1.807) is 83.1 Å². The fourth-order valence-corrected chi connectivity index (χ4v) is 18.4. The van der Waals surface area contributed by atoms with Gasteiger partial charge in [0.15, 0.2) is 0 Å². The quantitative estimate of drug-likeness (QED) is 0.0143. The molecule has 120 heavy (non-hydrogen) atoms. The molecule has 0 fully saturated rings. The van der Waals surface area contributed by atoms with Crippen LogP contribution in [0, 0.1) is 23.7 Å². The van der Waals surface area contributed by atoms with Gasteiger partial charge in [0.05, 0.1) is 70.9 Å². The van der Waals surface area contributed by atoms with Gasteiger partial charge in [0.1, 0.15) is 50.3 Å². The molecule has 0 unspecified atom stereocenters. The summed E-state index contributed by atoms with van der Waals surface area (Å²) in [6.45, 7) is 17.5. The largest absolute Gasteiger partial charge is 0.464 e. The van der Waals surface area contributed by atoms with Gasteiger partial charge in [0.2, 0.25) is 23.6 Å². The molecule has 4 atom stereocenters. The van der Waals surface area contributed by atoms with Gasteiger partial charge in [-0.2, -0.15) is 0 Å². The minimum absolute atomic E-state index is 0.0151. The van der Waals surface area contributed by atoms with E-state index in [2.05, 4.69) is 21.3 Å². The van der Waals surface area contributed by atoms with Crippen LogP contribution in [0.25, 0.3) is 86.2 Å². The Kier molecular flexibility index (Phi) is 24.3. The summed E-state index contributed by atoms with van der Waals surface area (Å²) < 4.78 is 20.3. The summed E-state index contributed by atoms with van der Waals surface area (Å²) in [7, 11) is 0. The monoisotopic (exact) mass is 1790 g/mol. The Balaban J connectivity index is 0.000000207. The second-order valence-electron chi connectivity index (χ2n) is 30.2. The number of amides is 12. The third-order valence-corrected chi connectivity index (χ3v) is 23.7. The van der Waals surface area contributed by atoms with Gasteiger partial charge < -0.3 is 40.2 Å². The number of hydrogen-bond acceptors (Lipinski definition) is 20. The van der Waals surface area contributed by atoms with Gasteiger partial charge in [0.25, 0.3) is 47.3 Å².